The highest BCUT2D eigenvalue weighted by molar-refractivity contribution is 7.89. The summed E-state index contributed by atoms with van der Waals surface area (Å²) in [5.41, 5.74) is 0. The van der Waals surface area contributed by atoms with Gasteiger partial charge in [-0.2, -0.15) is 0 Å². The Balaban J connectivity index is 2.52. The number of piperidine rings is 1. The van der Waals surface area contributed by atoms with Crippen molar-refractivity contribution in [3.8, 4) is 0 Å². The van der Waals surface area contributed by atoms with Crippen molar-refractivity contribution in [3.63, 3.8) is 0 Å². The molecular weight excluding hydrogens is 195 g/mol. The zero-order chi connectivity index (χ0) is 9.90. The van der Waals surface area contributed by atoms with Crippen molar-refractivity contribution in [1.82, 2.24) is 4.90 Å². The number of halogens is 1. The molecule has 0 aromatic carbocycles. The molecule has 1 atom stereocenters. The van der Waals surface area contributed by atoms with Crippen LogP contribution >= 0.6 is 0 Å². The molecular formula is C7H15FN2O2S. The van der Waals surface area contributed by atoms with Crippen molar-refractivity contribution >= 4 is 10.0 Å². The molecule has 1 heterocycles. The van der Waals surface area contributed by atoms with E-state index in [0.717, 1.165) is 13.0 Å². The van der Waals surface area contributed by atoms with Crippen molar-refractivity contribution in [3.05, 3.63) is 0 Å². The van der Waals surface area contributed by atoms with Gasteiger partial charge in [0, 0.05) is 13.1 Å². The van der Waals surface area contributed by atoms with E-state index in [9.17, 15) is 12.8 Å². The zero-order valence-electron chi connectivity index (χ0n) is 7.45. The van der Waals surface area contributed by atoms with Crippen LogP contribution in [0.1, 0.15) is 12.8 Å². The summed E-state index contributed by atoms with van der Waals surface area (Å²) < 4.78 is 34.0. The molecule has 0 aromatic rings. The summed E-state index contributed by atoms with van der Waals surface area (Å²) in [6, 6.07) is 0. The van der Waals surface area contributed by atoms with Crippen molar-refractivity contribution in [2.45, 2.75) is 18.1 Å². The number of hydrogen-bond donors (Lipinski definition) is 1. The van der Waals surface area contributed by atoms with Crippen LogP contribution in [0.2, 0.25) is 0 Å². The maximum Gasteiger partial charge on any atom is 0.213 e. The fraction of sp³-hybridized carbons (Fsp3) is 1.00. The third-order valence-corrected chi connectivity index (χ3v) is 3.64. The second-order valence-corrected chi connectivity index (χ2v) is 5.19. The molecule has 0 amide bonds. The van der Waals surface area contributed by atoms with E-state index in [-0.39, 0.29) is 0 Å². The van der Waals surface area contributed by atoms with Gasteiger partial charge in [0.05, 0.1) is 5.25 Å². The molecule has 0 aromatic heterocycles. The first-order valence-corrected chi connectivity index (χ1v) is 5.95. The summed E-state index contributed by atoms with van der Waals surface area (Å²) in [4.78, 5) is 1.80. The SMILES string of the molecule is NS(=O)(=O)C1CCCN(CCF)C1. The van der Waals surface area contributed by atoms with Crippen LogP contribution in [0.3, 0.4) is 0 Å². The van der Waals surface area contributed by atoms with Crippen LogP contribution in [0.5, 0.6) is 0 Å². The van der Waals surface area contributed by atoms with Crippen LogP contribution in [0, 0.1) is 0 Å². The maximum atomic E-state index is 12.0. The third-order valence-electron chi connectivity index (χ3n) is 2.33. The average molecular weight is 210 g/mol. The van der Waals surface area contributed by atoms with Gasteiger partial charge in [0.25, 0.3) is 0 Å². The molecule has 1 saturated heterocycles. The van der Waals surface area contributed by atoms with Gasteiger partial charge in [0.15, 0.2) is 0 Å². The summed E-state index contributed by atoms with van der Waals surface area (Å²) in [6.07, 6.45) is 1.38. The van der Waals surface area contributed by atoms with Crippen LogP contribution in [-0.2, 0) is 10.0 Å². The smallest absolute Gasteiger partial charge is 0.213 e. The van der Waals surface area contributed by atoms with Gasteiger partial charge in [0.1, 0.15) is 6.67 Å². The van der Waals surface area contributed by atoms with Crippen LogP contribution < -0.4 is 5.14 Å². The molecule has 1 aliphatic rings. The molecule has 0 spiro atoms. The van der Waals surface area contributed by atoms with E-state index in [1.54, 1.807) is 4.90 Å². The number of likely N-dealkylation sites (tertiary alicyclic amines) is 1. The number of hydrogen-bond acceptors (Lipinski definition) is 3. The highest BCUT2D eigenvalue weighted by atomic mass is 32.2. The Bertz CT molecular complexity index is 253. The number of nitrogens with zero attached hydrogens (tertiary/aromatic N) is 1. The van der Waals surface area contributed by atoms with Crippen molar-refractivity contribution in [1.29, 1.82) is 0 Å². The minimum absolute atomic E-state index is 0.312. The molecule has 0 saturated carbocycles. The van der Waals surface area contributed by atoms with Gasteiger partial charge in [-0.1, -0.05) is 0 Å². The van der Waals surface area contributed by atoms with Crippen LogP contribution in [0.15, 0.2) is 0 Å². The van der Waals surface area contributed by atoms with Gasteiger partial charge in [-0.05, 0) is 19.4 Å². The molecule has 1 aliphatic heterocycles. The third kappa shape index (κ3) is 3.21. The molecule has 0 radical (unpaired) electrons. The van der Waals surface area contributed by atoms with Gasteiger partial charge in [-0.15, -0.1) is 0 Å². The molecule has 78 valence electrons. The fourth-order valence-electron chi connectivity index (χ4n) is 1.60. The lowest BCUT2D eigenvalue weighted by Gasteiger charge is -2.30. The first-order valence-electron chi connectivity index (χ1n) is 4.34. The number of primary sulfonamides is 1. The van der Waals surface area contributed by atoms with Gasteiger partial charge in [-0.3, -0.25) is 4.90 Å². The molecule has 1 unspecified atom stereocenters. The Morgan fingerprint density at radius 2 is 2.23 bits per heavy atom. The first-order chi connectivity index (χ1) is 6.04. The Morgan fingerprint density at radius 3 is 2.77 bits per heavy atom. The van der Waals surface area contributed by atoms with E-state index < -0.39 is 21.9 Å². The normalized spacial score (nSPS) is 26.2. The Morgan fingerprint density at radius 1 is 1.54 bits per heavy atom. The summed E-state index contributed by atoms with van der Waals surface area (Å²) >= 11 is 0. The lowest BCUT2D eigenvalue weighted by molar-refractivity contribution is 0.212. The summed E-state index contributed by atoms with van der Waals surface area (Å²) in [7, 11) is -3.44. The van der Waals surface area contributed by atoms with E-state index in [0.29, 0.717) is 19.5 Å². The predicted octanol–water partition coefficient (Wildman–Crippen LogP) is -0.291. The lowest BCUT2D eigenvalue weighted by atomic mass is 10.1. The monoisotopic (exact) mass is 210 g/mol. The zero-order valence-corrected chi connectivity index (χ0v) is 8.26. The Kier molecular flexibility index (Phi) is 3.63. The standard InChI is InChI=1S/C7H15FN2O2S/c8-3-5-10-4-1-2-7(6-10)13(9,11)12/h7H,1-6H2,(H2,9,11,12). The highest BCUT2D eigenvalue weighted by Crippen LogP contribution is 2.14. The van der Waals surface area contributed by atoms with Crippen LogP contribution in [0.4, 0.5) is 4.39 Å². The summed E-state index contributed by atoms with van der Waals surface area (Å²) in [5.74, 6) is 0. The second kappa shape index (κ2) is 4.34. The van der Waals surface area contributed by atoms with Gasteiger partial charge < -0.3 is 0 Å². The Labute approximate surface area is 77.9 Å². The molecule has 1 rings (SSSR count). The van der Waals surface area contributed by atoms with Crippen LogP contribution in [-0.4, -0.2) is 44.9 Å². The number of sulfonamides is 1. The van der Waals surface area contributed by atoms with Crippen molar-refractivity contribution in [2.75, 3.05) is 26.3 Å². The lowest BCUT2D eigenvalue weighted by Crippen LogP contribution is -2.45. The number of alkyl halides is 1. The average Bonchev–Trinajstić information content (AvgIpc) is 2.04. The minimum atomic E-state index is -3.44. The van der Waals surface area contributed by atoms with E-state index in [4.69, 9.17) is 5.14 Å². The van der Waals surface area contributed by atoms with E-state index in [1.165, 1.54) is 0 Å². The molecule has 0 aliphatic carbocycles. The number of rotatable bonds is 3. The van der Waals surface area contributed by atoms with E-state index in [1.807, 2.05) is 0 Å². The van der Waals surface area contributed by atoms with Gasteiger partial charge in [-0.25, -0.2) is 17.9 Å². The molecule has 6 heteroatoms. The highest BCUT2D eigenvalue weighted by Gasteiger charge is 2.27. The van der Waals surface area contributed by atoms with Crippen LogP contribution in [0.25, 0.3) is 0 Å². The van der Waals surface area contributed by atoms with Gasteiger partial charge >= 0.3 is 0 Å². The van der Waals surface area contributed by atoms with Crippen molar-refractivity contribution in [2.24, 2.45) is 5.14 Å². The topological polar surface area (TPSA) is 63.4 Å². The fourth-order valence-corrected chi connectivity index (χ4v) is 2.52. The maximum absolute atomic E-state index is 12.0. The summed E-state index contributed by atoms with van der Waals surface area (Å²) in [6.45, 7) is 1.03. The molecule has 2 N–H and O–H groups in total. The first kappa shape index (κ1) is 10.9. The van der Waals surface area contributed by atoms with Gasteiger partial charge in [0.2, 0.25) is 10.0 Å². The molecule has 1 fully saturated rings. The minimum Gasteiger partial charge on any atom is -0.299 e. The molecule has 4 nitrogen and oxygen atoms in total. The van der Waals surface area contributed by atoms with Crippen molar-refractivity contribution < 1.29 is 12.8 Å². The second-order valence-electron chi connectivity index (χ2n) is 3.34. The Hall–Kier alpha value is -0.200. The van der Waals surface area contributed by atoms with E-state index in [2.05, 4.69) is 0 Å². The predicted molar refractivity (Wildman–Crippen MR) is 48.5 cm³/mol. The quantitative estimate of drug-likeness (QED) is 0.696. The van der Waals surface area contributed by atoms with E-state index >= 15 is 0 Å². The molecule has 13 heavy (non-hydrogen) atoms. The summed E-state index contributed by atoms with van der Waals surface area (Å²) in [5, 5.41) is 4.51. The number of nitrogens with two attached hydrogens (primary N) is 1. The molecule has 0 bridgehead atoms. The largest absolute Gasteiger partial charge is 0.299 e.